The molecule has 3 aromatic rings. The maximum absolute atomic E-state index is 14.4. The van der Waals surface area contributed by atoms with Crippen molar-refractivity contribution >= 4 is 5.97 Å². The van der Waals surface area contributed by atoms with Crippen LogP contribution in [0.4, 0.5) is 8.78 Å². The highest BCUT2D eigenvalue weighted by atomic mass is 19.1. The van der Waals surface area contributed by atoms with Crippen LogP contribution in [-0.2, 0) is 22.6 Å². The van der Waals surface area contributed by atoms with Crippen molar-refractivity contribution < 1.29 is 27.8 Å². The van der Waals surface area contributed by atoms with Gasteiger partial charge in [0.2, 0.25) is 0 Å². The number of hydrogen-bond acceptors (Lipinski definition) is 4. The van der Waals surface area contributed by atoms with Gasteiger partial charge >= 0.3 is 5.97 Å². The fraction of sp³-hybridized carbons (Fsp3) is 0.208. The summed E-state index contributed by atoms with van der Waals surface area (Å²) in [6, 6.07) is 17.7. The van der Waals surface area contributed by atoms with Crippen molar-refractivity contribution in [2.75, 3.05) is 6.61 Å². The first-order chi connectivity index (χ1) is 14.6. The Bertz CT molecular complexity index is 1000. The smallest absolute Gasteiger partial charge is 0.306 e. The first-order valence-corrected chi connectivity index (χ1v) is 9.64. The van der Waals surface area contributed by atoms with E-state index in [1.807, 2.05) is 0 Å². The molecule has 0 spiro atoms. The highest BCUT2D eigenvalue weighted by molar-refractivity contribution is 5.69. The van der Waals surface area contributed by atoms with E-state index in [4.69, 9.17) is 14.2 Å². The third kappa shape index (κ3) is 5.80. The van der Waals surface area contributed by atoms with Gasteiger partial charge in [-0.2, -0.15) is 0 Å². The van der Waals surface area contributed by atoms with Gasteiger partial charge in [-0.25, -0.2) is 8.78 Å². The minimum Gasteiger partial charge on any atom is -0.486 e. The Hall–Kier alpha value is -3.41. The van der Waals surface area contributed by atoms with Crippen molar-refractivity contribution in [1.82, 2.24) is 0 Å². The number of hydrogen-bond donors (Lipinski definition) is 0. The minimum atomic E-state index is -0.524. The third-order valence-electron chi connectivity index (χ3n) is 4.33. The number of benzene rings is 3. The molecule has 30 heavy (non-hydrogen) atoms. The second kappa shape index (κ2) is 10.4. The fourth-order valence-corrected chi connectivity index (χ4v) is 2.82. The van der Waals surface area contributed by atoms with Crippen molar-refractivity contribution in [2.24, 2.45) is 0 Å². The zero-order valence-corrected chi connectivity index (χ0v) is 16.6. The molecule has 6 heteroatoms. The Balaban J connectivity index is 1.64. The molecule has 0 N–H and O–H groups in total. The third-order valence-corrected chi connectivity index (χ3v) is 4.33. The Labute approximate surface area is 174 Å². The molecule has 0 saturated carbocycles. The summed E-state index contributed by atoms with van der Waals surface area (Å²) < 4.78 is 44.4. The lowest BCUT2D eigenvalue weighted by atomic mass is 10.1. The maximum atomic E-state index is 14.4. The summed E-state index contributed by atoms with van der Waals surface area (Å²) in [6.45, 7) is 2.11. The van der Waals surface area contributed by atoms with Crippen LogP contribution in [0, 0.1) is 11.6 Å². The van der Waals surface area contributed by atoms with Gasteiger partial charge in [-0.05, 0) is 49.2 Å². The molecule has 3 aromatic carbocycles. The molecule has 0 amide bonds. The zero-order valence-electron chi connectivity index (χ0n) is 16.6. The quantitative estimate of drug-likeness (QED) is 0.415. The average molecular weight is 412 g/mol. The van der Waals surface area contributed by atoms with Gasteiger partial charge in [0.05, 0.1) is 6.61 Å². The lowest BCUT2D eigenvalue weighted by Crippen LogP contribution is -2.05. The summed E-state index contributed by atoms with van der Waals surface area (Å²) in [5.41, 5.74) is 1.32. The largest absolute Gasteiger partial charge is 0.486 e. The van der Waals surface area contributed by atoms with Crippen LogP contribution in [0.1, 0.15) is 24.5 Å². The molecule has 0 bridgehead atoms. The molecule has 0 aliphatic rings. The van der Waals surface area contributed by atoms with Crippen LogP contribution in [0.3, 0.4) is 0 Å². The number of carbonyl (C=O) groups excluding carboxylic acids is 1. The molecular weight excluding hydrogens is 390 g/mol. The van der Waals surface area contributed by atoms with Gasteiger partial charge in [-0.3, -0.25) is 4.79 Å². The van der Waals surface area contributed by atoms with Crippen LogP contribution < -0.4 is 9.47 Å². The number of halogens is 2. The van der Waals surface area contributed by atoms with E-state index in [0.29, 0.717) is 29.9 Å². The molecule has 0 fully saturated rings. The van der Waals surface area contributed by atoms with E-state index in [1.54, 1.807) is 49.4 Å². The van der Waals surface area contributed by atoms with Crippen LogP contribution in [0.2, 0.25) is 0 Å². The summed E-state index contributed by atoms with van der Waals surface area (Å²) in [4.78, 5) is 11.4. The van der Waals surface area contributed by atoms with Crippen LogP contribution >= 0.6 is 0 Å². The SMILES string of the molecule is CCOC(=O)CCc1ccc(OCc2ccccc2Oc2ccccc2F)c(F)c1. The van der Waals surface area contributed by atoms with Gasteiger partial charge < -0.3 is 14.2 Å². The zero-order chi connectivity index (χ0) is 21.3. The molecule has 0 atom stereocenters. The van der Waals surface area contributed by atoms with Gasteiger partial charge in [-0.1, -0.05) is 36.4 Å². The number of rotatable bonds is 9. The van der Waals surface area contributed by atoms with Crippen molar-refractivity contribution in [3.63, 3.8) is 0 Å². The molecule has 0 aliphatic heterocycles. The summed E-state index contributed by atoms with van der Waals surface area (Å²) in [5.74, 6) is -0.710. The second-order valence-corrected chi connectivity index (χ2v) is 6.50. The summed E-state index contributed by atoms with van der Waals surface area (Å²) in [6.07, 6.45) is 0.573. The first kappa shape index (κ1) is 21.3. The summed E-state index contributed by atoms with van der Waals surface area (Å²) in [5, 5.41) is 0. The summed E-state index contributed by atoms with van der Waals surface area (Å²) in [7, 11) is 0. The number of ether oxygens (including phenoxy) is 3. The molecule has 0 saturated heterocycles. The Morgan fingerprint density at radius 2 is 1.60 bits per heavy atom. The van der Waals surface area contributed by atoms with Crippen LogP contribution in [0.25, 0.3) is 0 Å². The van der Waals surface area contributed by atoms with Crippen LogP contribution in [-0.4, -0.2) is 12.6 Å². The van der Waals surface area contributed by atoms with Crippen molar-refractivity contribution in [3.05, 3.63) is 89.5 Å². The first-order valence-electron chi connectivity index (χ1n) is 9.64. The Kier molecular flexibility index (Phi) is 7.38. The molecule has 0 unspecified atom stereocenters. The van der Waals surface area contributed by atoms with E-state index in [1.165, 1.54) is 24.3 Å². The number of aryl methyl sites for hydroxylation is 1. The number of esters is 1. The Morgan fingerprint density at radius 3 is 2.33 bits per heavy atom. The minimum absolute atomic E-state index is 0.0454. The number of para-hydroxylation sites is 2. The van der Waals surface area contributed by atoms with E-state index < -0.39 is 11.6 Å². The predicted molar refractivity (Wildman–Crippen MR) is 109 cm³/mol. The van der Waals surface area contributed by atoms with E-state index >= 15 is 0 Å². The van der Waals surface area contributed by atoms with Gasteiger partial charge in [0.1, 0.15) is 12.4 Å². The van der Waals surface area contributed by atoms with Crippen LogP contribution in [0.15, 0.2) is 66.7 Å². The van der Waals surface area contributed by atoms with Gasteiger partial charge in [0.15, 0.2) is 23.1 Å². The van der Waals surface area contributed by atoms with Crippen molar-refractivity contribution in [2.45, 2.75) is 26.4 Å². The topological polar surface area (TPSA) is 44.8 Å². The molecule has 156 valence electrons. The standard InChI is InChI=1S/C24H22F2O4/c1-2-28-24(27)14-12-17-11-13-22(20(26)15-17)29-16-18-7-3-5-9-21(18)30-23-10-6-4-8-19(23)25/h3-11,13,15H,2,12,14,16H2,1H3. The molecule has 0 radical (unpaired) electrons. The van der Waals surface area contributed by atoms with Crippen molar-refractivity contribution in [1.29, 1.82) is 0 Å². The van der Waals surface area contributed by atoms with Crippen molar-refractivity contribution in [3.8, 4) is 17.2 Å². The highest BCUT2D eigenvalue weighted by Gasteiger charge is 2.11. The predicted octanol–water partition coefficient (Wildman–Crippen LogP) is 5.83. The fourth-order valence-electron chi connectivity index (χ4n) is 2.82. The van der Waals surface area contributed by atoms with E-state index in [-0.39, 0.29) is 30.5 Å². The van der Waals surface area contributed by atoms with Crippen LogP contribution in [0.5, 0.6) is 17.2 Å². The summed E-state index contributed by atoms with van der Waals surface area (Å²) >= 11 is 0. The highest BCUT2D eigenvalue weighted by Crippen LogP contribution is 2.29. The molecule has 0 aliphatic carbocycles. The van der Waals surface area contributed by atoms with E-state index in [9.17, 15) is 13.6 Å². The normalized spacial score (nSPS) is 10.5. The molecule has 3 rings (SSSR count). The average Bonchev–Trinajstić information content (AvgIpc) is 2.74. The molecule has 0 aromatic heterocycles. The van der Waals surface area contributed by atoms with E-state index in [2.05, 4.69) is 0 Å². The molecular formula is C24H22F2O4. The van der Waals surface area contributed by atoms with Gasteiger partial charge in [0.25, 0.3) is 0 Å². The lowest BCUT2D eigenvalue weighted by Gasteiger charge is -2.13. The van der Waals surface area contributed by atoms with Gasteiger partial charge in [-0.15, -0.1) is 0 Å². The van der Waals surface area contributed by atoms with E-state index in [0.717, 1.165) is 0 Å². The lowest BCUT2D eigenvalue weighted by molar-refractivity contribution is -0.143. The molecule has 0 heterocycles. The Morgan fingerprint density at radius 1 is 0.867 bits per heavy atom. The number of carbonyl (C=O) groups is 1. The monoisotopic (exact) mass is 412 g/mol. The molecule has 4 nitrogen and oxygen atoms in total. The second-order valence-electron chi connectivity index (χ2n) is 6.50. The van der Waals surface area contributed by atoms with Gasteiger partial charge in [0, 0.05) is 12.0 Å². The maximum Gasteiger partial charge on any atom is 0.306 e.